The first kappa shape index (κ1) is 17.5. The van der Waals surface area contributed by atoms with Gasteiger partial charge in [0.25, 0.3) is 0 Å². The standard InChI is InChI=1S/C19H20ClN3O2S/c20-16-4-3-5-17(12-16)26(24,25)23-10-8-22(9-11-23)14-15-13-21-19-7-2-1-6-18(15)19/h1-7,12-13,21H,8-11,14H2. The van der Waals surface area contributed by atoms with Gasteiger partial charge in [-0.25, -0.2) is 8.42 Å². The van der Waals surface area contributed by atoms with Gasteiger partial charge in [0.1, 0.15) is 0 Å². The summed E-state index contributed by atoms with van der Waals surface area (Å²) < 4.78 is 27.1. The van der Waals surface area contributed by atoms with Crippen molar-refractivity contribution >= 4 is 32.5 Å². The number of benzene rings is 2. The average molecular weight is 390 g/mol. The first-order valence-corrected chi connectivity index (χ1v) is 10.4. The van der Waals surface area contributed by atoms with Crippen LogP contribution in [0.5, 0.6) is 0 Å². The minimum absolute atomic E-state index is 0.259. The van der Waals surface area contributed by atoms with Gasteiger partial charge in [-0.1, -0.05) is 35.9 Å². The summed E-state index contributed by atoms with van der Waals surface area (Å²) in [5, 5.41) is 1.66. The molecule has 0 saturated carbocycles. The summed E-state index contributed by atoms with van der Waals surface area (Å²) in [4.78, 5) is 5.84. The van der Waals surface area contributed by atoms with E-state index in [1.54, 1.807) is 22.5 Å². The van der Waals surface area contributed by atoms with Gasteiger partial charge in [-0.3, -0.25) is 4.90 Å². The number of rotatable bonds is 4. The van der Waals surface area contributed by atoms with Gasteiger partial charge in [-0.15, -0.1) is 0 Å². The molecule has 0 bridgehead atoms. The topological polar surface area (TPSA) is 56.4 Å². The van der Waals surface area contributed by atoms with E-state index in [1.807, 2.05) is 18.3 Å². The van der Waals surface area contributed by atoms with Crippen LogP contribution in [-0.4, -0.2) is 48.8 Å². The number of fused-ring (bicyclic) bond motifs is 1. The second-order valence-electron chi connectivity index (χ2n) is 6.50. The van der Waals surface area contributed by atoms with Gasteiger partial charge in [0, 0.05) is 54.8 Å². The van der Waals surface area contributed by atoms with E-state index in [-0.39, 0.29) is 4.90 Å². The number of hydrogen-bond donors (Lipinski definition) is 1. The number of halogens is 1. The van der Waals surface area contributed by atoms with Crippen LogP contribution >= 0.6 is 11.6 Å². The van der Waals surface area contributed by atoms with Gasteiger partial charge >= 0.3 is 0 Å². The second-order valence-corrected chi connectivity index (χ2v) is 8.87. The highest BCUT2D eigenvalue weighted by atomic mass is 35.5. The van der Waals surface area contributed by atoms with Crippen molar-refractivity contribution in [2.24, 2.45) is 0 Å². The third-order valence-corrected chi connectivity index (χ3v) is 6.96. The smallest absolute Gasteiger partial charge is 0.243 e. The molecule has 2 heterocycles. The van der Waals surface area contributed by atoms with Crippen molar-refractivity contribution < 1.29 is 8.42 Å². The fourth-order valence-corrected chi connectivity index (χ4v) is 5.13. The molecule has 0 amide bonds. The molecule has 1 N–H and O–H groups in total. The predicted octanol–water partition coefficient (Wildman–Crippen LogP) is 3.33. The molecular weight excluding hydrogens is 370 g/mol. The van der Waals surface area contributed by atoms with Crippen molar-refractivity contribution in [1.82, 2.24) is 14.2 Å². The van der Waals surface area contributed by atoms with Crippen molar-refractivity contribution in [2.45, 2.75) is 11.4 Å². The number of sulfonamides is 1. The number of nitrogens with one attached hydrogen (secondary N) is 1. The number of H-pyrrole nitrogens is 1. The van der Waals surface area contributed by atoms with Crippen molar-refractivity contribution in [2.75, 3.05) is 26.2 Å². The van der Waals surface area contributed by atoms with Gasteiger partial charge in [-0.05, 0) is 29.8 Å². The van der Waals surface area contributed by atoms with Crippen LogP contribution in [0.2, 0.25) is 5.02 Å². The van der Waals surface area contributed by atoms with E-state index < -0.39 is 10.0 Å². The Hall–Kier alpha value is -1.86. The van der Waals surface area contributed by atoms with Crippen molar-refractivity contribution in [3.63, 3.8) is 0 Å². The Balaban J connectivity index is 1.44. The molecule has 4 rings (SSSR count). The normalized spacial score (nSPS) is 17.0. The highest BCUT2D eigenvalue weighted by Crippen LogP contribution is 2.23. The summed E-state index contributed by atoms with van der Waals surface area (Å²) in [6.07, 6.45) is 2.04. The average Bonchev–Trinajstić information content (AvgIpc) is 3.05. The lowest BCUT2D eigenvalue weighted by molar-refractivity contribution is 0.182. The molecule has 5 nitrogen and oxygen atoms in total. The molecule has 3 aromatic rings. The molecule has 1 saturated heterocycles. The van der Waals surface area contributed by atoms with Crippen molar-refractivity contribution in [3.05, 3.63) is 65.3 Å². The summed E-state index contributed by atoms with van der Waals surface area (Å²) in [6.45, 7) is 3.20. The van der Waals surface area contributed by atoms with Crippen LogP contribution in [0.1, 0.15) is 5.56 Å². The van der Waals surface area contributed by atoms with Gasteiger partial charge in [-0.2, -0.15) is 4.31 Å². The third kappa shape index (κ3) is 3.38. The van der Waals surface area contributed by atoms with E-state index >= 15 is 0 Å². The number of aromatic nitrogens is 1. The number of aromatic amines is 1. The molecule has 1 fully saturated rings. The van der Waals surface area contributed by atoms with Gasteiger partial charge in [0.15, 0.2) is 0 Å². The van der Waals surface area contributed by atoms with Crippen LogP contribution in [0.15, 0.2) is 59.6 Å². The van der Waals surface area contributed by atoms with E-state index in [2.05, 4.69) is 22.0 Å². The molecule has 136 valence electrons. The molecular formula is C19H20ClN3O2S. The Morgan fingerprint density at radius 2 is 1.77 bits per heavy atom. The minimum atomic E-state index is -3.49. The van der Waals surface area contributed by atoms with E-state index in [1.165, 1.54) is 17.0 Å². The molecule has 26 heavy (non-hydrogen) atoms. The van der Waals surface area contributed by atoms with E-state index in [0.717, 1.165) is 12.1 Å². The Kier molecular flexibility index (Phi) is 4.75. The van der Waals surface area contributed by atoms with E-state index in [0.29, 0.717) is 31.2 Å². The van der Waals surface area contributed by atoms with Gasteiger partial charge < -0.3 is 4.98 Å². The number of piperazine rings is 1. The molecule has 1 aliphatic rings. The molecule has 1 aromatic heterocycles. The van der Waals surface area contributed by atoms with Gasteiger partial charge in [0.05, 0.1) is 4.90 Å². The summed E-state index contributed by atoms with van der Waals surface area (Å²) in [6, 6.07) is 14.7. The van der Waals surface area contributed by atoms with Crippen LogP contribution in [0.4, 0.5) is 0 Å². The second kappa shape index (κ2) is 7.04. The number of para-hydroxylation sites is 1. The van der Waals surface area contributed by atoms with Crippen LogP contribution in [0.25, 0.3) is 10.9 Å². The minimum Gasteiger partial charge on any atom is -0.361 e. The highest BCUT2D eigenvalue weighted by Gasteiger charge is 2.28. The quantitative estimate of drug-likeness (QED) is 0.744. The Bertz CT molecular complexity index is 1020. The van der Waals surface area contributed by atoms with Crippen LogP contribution in [0.3, 0.4) is 0 Å². The Morgan fingerprint density at radius 1 is 1.00 bits per heavy atom. The highest BCUT2D eigenvalue weighted by molar-refractivity contribution is 7.89. The molecule has 0 atom stereocenters. The molecule has 0 spiro atoms. The van der Waals surface area contributed by atoms with Crippen LogP contribution < -0.4 is 0 Å². The molecule has 0 unspecified atom stereocenters. The van der Waals surface area contributed by atoms with E-state index in [4.69, 9.17) is 11.6 Å². The summed E-state index contributed by atoms with van der Waals surface area (Å²) >= 11 is 5.95. The van der Waals surface area contributed by atoms with Crippen LogP contribution in [-0.2, 0) is 16.6 Å². The largest absolute Gasteiger partial charge is 0.361 e. The first-order valence-electron chi connectivity index (χ1n) is 8.57. The maximum absolute atomic E-state index is 12.8. The first-order chi connectivity index (χ1) is 12.5. The Labute approximate surface area is 158 Å². The predicted molar refractivity (Wildman–Crippen MR) is 104 cm³/mol. The molecule has 0 radical (unpaired) electrons. The van der Waals surface area contributed by atoms with Crippen molar-refractivity contribution in [1.29, 1.82) is 0 Å². The maximum Gasteiger partial charge on any atom is 0.243 e. The summed E-state index contributed by atoms with van der Waals surface area (Å²) in [5.74, 6) is 0. The third-order valence-electron chi connectivity index (χ3n) is 4.83. The lowest BCUT2D eigenvalue weighted by Gasteiger charge is -2.33. The zero-order valence-corrected chi connectivity index (χ0v) is 15.8. The zero-order valence-electron chi connectivity index (χ0n) is 14.2. The lowest BCUT2D eigenvalue weighted by atomic mass is 10.1. The molecule has 0 aliphatic carbocycles. The Morgan fingerprint density at radius 3 is 2.54 bits per heavy atom. The summed E-state index contributed by atoms with van der Waals surface area (Å²) in [5.41, 5.74) is 2.37. The fraction of sp³-hybridized carbons (Fsp3) is 0.263. The molecule has 7 heteroatoms. The molecule has 1 aliphatic heterocycles. The number of hydrogen-bond acceptors (Lipinski definition) is 3. The van der Waals surface area contributed by atoms with Gasteiger partial charge in [0.2, 0.25) is 10.0 Å². The van der Waals surface area contributed by atoms with E-state index in [9.17, 15) is 8.42 Å². The van der Waals surface area contributed by atoms with Crippen molar-refractivity contribution in [3.8, 4) is 0 Å². The summed E-state index contributed by atoms with van der Waals surface area (Å²) in [7, 11) is -3.49. The zero-order chi connectivity index (χ0) is 18.1. The fourth-order valence-electron chi connectivity index (χ4n) is 3.41. The monoisotopic (exact) mass is 389 g/mol. The SMILES string of the molecule is O=S(=O)(c1cccc(Cl)c1)N1CCN(Cc2c[nH]c3ccccc23)CC1. The number of nitrogens with zero attached hydrogens (tertiary/aromatic N) is 2. The molecule has 2 aromatic carbocycles. The lowest BCUT2D eigenvalue weighted by Crippen LogP contribution is -2.48. The maximum atomic E-state index is 12.8. The van der Waals surface area contributed by atoms with Crippen LogP contribution in [0, 0.1) is 0 Å².